The standard InChI is InChI=1S/C19H15FN4/c20-16-5-1-4-15(11-16)18-13-22-19-9-8-17(23-24(18)19)7-6-14-3-2-10-21-12-14/h1-5,8-13H,6-7H2. The molecule has 5 heteroatoms. The average molecular weight is 318 g/mol. The monoisotopic (exact) mass is 318 g/mol. The predicted octanol–water partition coefficient (Wildman–Crippen LogP) is 3.72. The summed E-state index contributed by atoms with van der Waals surface area (Å²) in [6.07, 6.45) is 7.04. The quantitative estimate of drug-likeness (QED) is 0.576. The fraction of sp³-hybridized carbons (Fsp3) is 0.105. The van der Waals surface area contributed by atoms with Crippen LogP contribution in [-0.4, -0.2) is 19.6 Å². The second kappa shape index (κ2) is 6.20. The molecule has 1 aromatic carbocycles. The lowest BCUT2D eigenvalue weighted by Gasteiger charge is -2.05. The van der Waals surface area contributed by atoms with E-state index in [1.165, 1.54) is 17.7 Å². The van der Waals surface area contributed by atoms with Crippen molar-refractivity contribution in [1.82, 2.24) is 19.6 Å². The number of imidazole rings is 1. The molecule has 3 aromatic heterocycles. The molecule has 0 aliphatic rings. The molecule has 3 heterocycles. The minimum Gasteiger partial charge on any atom is -0.264 e. The Morgan fingerprint density at radius 2 is 1.92 bits per heavy atom. The number of aryl methyl sites for hydroxylation is 2. The molecule has 0 radical (unpaired) electrons. The van der Waals surface area contributed by atoms with E-state index in [1.807, 2.05) is 30.5 Å². The van der Waals surface area contributed by atoms with Crippen LogP contribution in [0.15, 0.2) is 67.1 Å². The van der Waals surface area contributed by atoms with E-state index in [2.05, 4.69) is 21.1 Å². The minimum atomic E-state index is -0.268. The van der Waals surface area contributed by atoms with E-state index in [0.29, 0.717) is 0 Å². The van der Waals surface area contributed by atoms with Gasteiger partial charge in [0.1, 0.15) is 5.82 Å². The highest BCUT2D eigenvalue weighted by atomic mass is 19.1. The lowest BCUT2D eigenvalue weighted by Crippen LogP contribution is -2.01. The lowest BCUT2D eigenvalue weighted by atomic mass is 10.1. The molecular formula is C19H15FN4. The molecule has 0 spiro atoms. The van der Waals surface area contributed by atoms with Gasteiger partial charge in [0.25, 0.3) is 0 Å². The minimum absolute atomic E-state index is 0.268. The molecule has 0 saturated carbocycles. The Kier molecular flexibility index (Phi) is 3.75. The number of hydrogen-bond donors (Lipinski definition) is 0. The first-order valence-corrected chi connectivity index (χ1v) is 7.78. The summed E-state index contributed by atoms with van der Waals surface area (Å²) < 4.78 is 15.3. The molecule has 0 unspecified atom stereocenters. The fourth-order valence-corrected chi connectivity index (χ4v) is 2.71. The molecule has 118 valence electrons. The van der Waals surface area contributed by atoms with Crippen LogP contribution in [0.2, 0.25) is 0 Å². The number of fused-ring (bicyclic) bond motifs is 1. The van der Waals surface area contributed by atoms with Gasteiger partial charge in [0.2, 0.25) is 0 Å². The lowest BCUT2D eigenvalue weighted by molar-refractivity contribution is 0.628. The van der Waals surface area contributed by atoms with E-state index >= 15 is 0 Å². The van der Waals surface area contributed by atoms with Gasteiger partial charge in [0.05, 0.1) is 17.6 Å². The Bertz CT molecular complexity index is 979. The zero-order valence-electron chi connectivity index (χ0n) is 12.9. The molecule has 0 N–H and O–H groups in total. The molecule has 0 atom stereocenters. The molecule has 4 aromatic rings. The van der Waals surface area contributed by atoms with Gasteiger partial charge in [0.15, 0.2) is 5.65 Å². The van der Waals surface area contributed by atoms with Crippen molar-refractivity contribution in [2.24, 2.45) is 0 Å². The van der Waals surface area contributed by atoms with Crippen LogP contribution in [0.25, 0.3) is 16.9 Å². The van der Waals surface area contributed by atoms with E-state index in [9.17, 15) is 4.39 Å². The first kappa shape index (κ1) is 14.5. The van der Waals surface area contributed by atoms with Crippen LogP contribution < -0.4 is 0 Å². The largest absolute Gasteiger partial charge is 0.264 e. The predicted molar refractivity (Wildman–Crippen MR) is 90.0 cm³/mol. The van der Waals surface area contributed by atoms with E-state index in [4.69, 9.17) is 0 Å². The van der Waals surface area contributed by atoms with E-state index in [-0.39, 0.29) is 5.82 Å². The molecule has 24 heavy (non-hydrogen) atoms. The number of benzene rings is 1. The summed E-state index contributed by atoms with van der Waals surface area (Å²) in [5, 5.41) is 4.67. The third-order valence-electron chi connectivity index (χ3n) is 3.93. The topological polar surface area (TPSA) is 43.1 Å². The van der Waals surface area contributed by atoms with Gasteiger partial charge in [-0.2, -0.15) is 5.10 Å². The number of aromatic nitrogens is 4. The molecule has 0 amide bonds. The van der Waals surface area contributed by atoms with Gasteiger partial charge in [0, 0.05) is 18.0 Å². The summed E-state index contributed by atoms with van der Waals surface area (Å²) in [4.78, 5) is 8.48. The Labute approximate surface area is 138 Å². The van der Waals surface area contributed by atoms with Crippen molar-refractivity contribution < 1.29 is 4.39 Å². The van der Waals surface area contributed by atoms with Gasteiger partial charge >= 0.3 is 0 Å². The summed E-state index contributed by atoms with van der Waals surface area (Å²) in [6, 6.07) is 14.4. The second-order valence-electron chi connectivity index (χ2n) is 5.61. The summed E-state index contributed by atoms with van der Waals surface area (Å²) >= 11 is 0. The highest BCUT2D eigenvalue weighted by Crippen LogP contribution is 2.21. The maximum Gasteiger partial charge on any atom is 0.154 e. The van der Waals surface area contributed by atoms with E-state index < -0.39 is 0 Å². The molecule has 4 nitrogen and oxygen atoms in total. The summed E-state index contributed by atoms with van der Waals surface area (Å²) in [6.45, 7) is 0. The van der Waals surface area contributed by atoms with E-state index in [1.54, 1.807) is 23.0 Å². The zero-order valence-corrected chi connectivity index (χ0v) is 12.9. The van der Waals surface area contributed by atoms with Crippen molar-refractivity contribution in [3.05, 3.63) is 84.2 Å². The van der Waals surface area contributed by atoms with Gasteiger partial charge in [-0.1, -0.05) is 18.2 Å². The number of rotatable bonds is 4. The third-order valence-corrected chi connectivity index (χ3v) is 3.93. The summed E-state index contributed by atoms with van der Waals surface area (Å²) in [5.74, 6) is -0.268. The van der Waals surface area contributed by atoms with Gasteiger partial charge in [-0.15, -0.1) is 0 Å². The summed E-state index contributed by atoms with van der Waals surface area (Å²) in [7, 11) is 0. The Hall–Kier alpha value is -3.08. The molecule has 4 rings (SSSR count). The van der Waals surface area contributed by atoms with Crippen molar-refractivity contribution in [2.75, 3.05) is 0 Å². The molecular weight excluding hydrogens is 303 g/mol. The van der Waals surface area contributed by atoms with Crippen LogP contribution in [0.3, 0.4) is 0 Å². The number of nitrogens with zero attached hydrogens (tertiary/aromatic N) is 4. The van der Waals surface area contributed by atoms with Gasteiger partial charge < -0.3 is 0 Å². The van der Waals surface area contributed by atoms with Crippen molar-refractivity contribution in [3.63, 3.8) is 0 Å². The van der Waals surface area contributed by atoms with Crippen LogP contribution in [-0.2, 0) is 12.8 Å². The maximum atomic E-state index is 13.5. The van der Waals surface area contributed by atoms with Crippen molar-refractivity contribution in [2.45, 2.75) is 12.8 Å². The number of halogens is 1. The Morgan fingerprint density at radius 1 is 0.958 bits per heavy atom. The third kappa shape index (κ3) is 2.88. The van der Waals surface area contributed by atoms with Crippen LogP contribution in [0.5, 0.6) is 0 Å². The Morgan fingerprint density at radius 3 is 2.75 bits per heavy atom. The van der Waals surface area contributed by atoms with Crippen molar-refractivity contribution >= 4 is 5.65 Å². The SMILES string of the molecule is Fc1cccc(-c2cnc3ccc(CCc4cccnc4)nn23)c1. The number of pyridine rings is 1. The zero-order chi connectivity index (χ0) is 16.4. The average Bonchev–Trinajstić information content (AvgIpc) is 3.04. The first-order valence-electron chi connectivity index (χ1n) is 7.78. The van der Waals surface area contributed by atoms with Gasteiger partial charge in [-0.05, 0) is 48.7 Å². The van der Waals surface area contributed by atoms with Crippen LogP contribution in [0, 0.1) is 5.82 Å². The Balaban J connectivity index is 1.66. The van der Waals surface area contributed by atoms with Gasteiger partial charge in [-0.25, -0.2) is 13.9 Å². The molecule has 0 aliphatic carbocycles. The maximum absolute atomic E-state index is 13.5. The normalized spacial score (nSPS) is 11.0. The van der Waals surface area contributed by atoms with E-state index in [0.717, 1.165) is 35.4 Å². The van der Waals surface area contributed by atoms with Crippen molar-refractivity contribution in [3.8, 4) is 11.3 Å². The van der Waals surface area contributed by atoms with Crippen LogP contribution in [0.1, 0.15) is 11.3 Å². The second-order valence-corrected chi connectivity index (χ2v) is 5.61. The van der Waals surface area contributed by atoms with Gasteiger partial charge in [-0.3, -0.25) is 4.98 Å². The fourth-order valence-electron chi connectivity index (χ4n) is 2.71. The molecule has 0 aliphatic heterocycles. The molecule has 0 fully saturated rings. The summed E-state index contributed by atoms with van der Waals surface area (Å²) in [5.41, 5.74) is 4.43. The van der Waals surface area contributed by atoms with Crippen LogP contribution in [0.4, 0.5) is 4.39 Å². The molecule has 0 bridgehead atoms. The first-order chi connectivity index (χ1) is 11.8. The highest BCUT2D eigenvalue weighted by Gasteiger charge is 2.09. The molecule has 0 saturated heterocycles. The smallest absolute Gasteiger partial charge is 0.154 e. The van der Waals surface area contributed by atoms with Crippen LogP contribution >= 0.6 is 0 Å². The number of hydrogen-bond acceptors (Lipinski definition) is 3. The highest BCUT2D eigenvalue weighted by molar-refractivity contribution is 5.62. The van der Waals surface area contributed by atoms with Crippen molar-refractivity contribution in [1.29, 1.82) is 0 Å².